The number of unbranched alkanes of at least 4 members (excludes halogenated alkanes) is 10. The highest BCUT2D eigenvalue weighted by atomic mass is 31.2. The summed E-state index contributed by atoms with van der Waals surface area (Å²) >= 11 is 0. The van der Waals surface area contributed by atoms with Gasteiger partial charge in [0.2, 0.25) is 0 Å². The highest BCUT2D eigenvalue weighted by Crippen LogP contribution is 2.77. The number of carbonyl (C=O) groups is 4. The zero-order valence-electron chi connectivity index (χ0n) is 43.4. The molecule has 0 aromatic heterocycles. The highest BCUT2D eigenvalue weighted by molar-refractivity contribution is 7.64. The molecule has 404 valence electrons. The van der Waals surface area contributed by atoms with Crippen molar-refractivity contribution in [1.82, 2.24) is 10.2 Å². The standard InChI is InChI=1S/C36H56O8.C19H21F2N2O5P/c1-7-8-9-10-11-12-13-14-15-16-17-18-29(39)43-32-24(3)35(42)27(30-33(5,6)36(30,32)44-25(4)38)20-26(22-37)21-34(41)28(35)19-23(2)31(34)40;1-27-15-6-8-16(9-7-15)29(26,28-12-18(20)21)23-11-14-5-3-2-4-13(14)10-17(23)19(24)22-25/h19-20,24,27-28,30,32,37,41-42H,7-18,21-22H2,1-6H3;2-9,17-18,25H,10-12H2,1H3,(H,22,24)/t24-,27+,28?,30-,32-,34-,35-,36-;17-,29+/m11/s1. The number of hydrogen-bond acceptors (Lipinski definition) is 13. The summed E-state index contributed by atoms with van der Waals surface area (Å²) in [7, 11) is -2.62. The lowest BCUT2D eigenvalue weighted by atomic mass is 9.59. The number of rotatable bonds is 22. The molecular weight excluding hydrogens is 966 g/mol. The second-order valence-corrected chi connectivity index (χ2v) is 23.5. The number of hydroxylamine groups is 1. The molecule has 1 unspecified atom stereocenters. The first kappa shape index (κ1) is 57.9. The molecule has 0 radical (unpaired) electrons. The Kier molecular flexibility index (Phi) is 19.1. The zero-order chi connectivity index (χ0) is 53.5. The van der Waals surface area contributed by atoms with Crippen LogP contribution in [0, 0.1) is 29.1 Å². The summed E-state index contributed by atoms with van der Waals surface area (Å²) in [5, 5.41) is 44.1. The van der Waals surface area contributed by atoms with Crippen LogP contribution in [0.15, 0.2) is 71.8 Å². The number of nitrogens with one attached hydrogen (secondary N) is 1. The predicted octanol–water partition coefficient (Wildman–Crippen LogP) is 8.48. The molecule has 2 aromatic rings. The number of benzene rings is 2. The van der Waals surface area contributed by atoms with Gasteiger partial charge in [0.25, 0.3) is 12.3 Å². The van der Waals surface area contributed by atoms with E-state index in [0.717, 1.165) is 30.4 Å². The summed E-state index contributed by atoms with van der Waals surface area (Å²) in [6.45, 7) is 9.40. The van der Waals surface area contributed by atoms with Crippen LogP contribution in [-0.4, -0.2) is 105 Å². The van der Waals surface area contributed by atoms with E-state index in [4.69, 9.17) is 18.7 Å². The van der Waals surface area contributed by atoms with Crippen molar-refractivity contribution in [3.8, 4) is 5.75 Å². The van der Waals surface area contributed by atoms with Crippen LogP contribution in [0.25, 0.3) is 0 Å². The second-order valence-electron chi connectivity index (χ2n) is 21.2. The Bertz CT molecular complexity index is 2400. The molecule has 10 atom stereocenters. The minimum absolute atomic E-state index is 0.0286. The molecule has 1 heterocycles. The van der Waals surface area contributed by atoms with Gasteiger partial charge in [-0.25, -0.2) is 18.9 Å². The molecule has 15 nitrogen and oxygen atoms in total. The number of methoxy groups -OCH3 is 1. The molecule has 2 aromatic carbocycles. The molecule has 5 aliphatic rings. The summed E-state index contributed by atoms with van der Waals surface area (Å²) < 4.78 is 63.7. The molecule has 4 aliphatic carbocycles. The van der Waals surface area contributed by atoms with Crippen molar-refractivity contribution >= 4 is 36.5 Å². The lowest BCUT2D eigenvalue weighted by Gasteiger charge is -2.53. The quantitative estimate of drug-likeness (QED) is 0.0187. The van der Waals surface area contributed by atoms with Crippen molar-refractivity contribution in [2.45, 2.75) is 173 Å². The molecule has 7 rings (SSSR count). The van der Waals surface area contributed by atoms with Crippen molar-refractivity contribution in [2.75, 3.05) is 20.3 Å². The first-order chi connectivity index (χ1) is 34.6. The van der Waals surface area contributed by atoms with Gasteiger partial charge >= 0.3 is 19.5 Å². The third kappa shape index (κ3) is 11.6. The second kappa shape index (κ2) is 24.1. The number of fused-ring (bicyclic) bond motifs is 6. The van der Waals surface area contributed by atoms with Crippen molar-refractivity contribution in [2.24, 2.45) is 29.1 Å². The van der Waals surface area contributed by atoms with Crippen molar-refractivity contribution in [3.05, 3.63) is 83.0 Å². The fraction of sp³-hybridized carbons (Fsp3) is 0.636. The highest BCUT2D eigenvalue weighted by Gasteiger charge is 2.87. The van der Waals surface area contributed by atoms with Crippen molar-refractivity contribution in [3.63, 3.8) is 0 Å². The van der Waals surface area contributed by atoms with E-state index in [2.05, 4.69) is 6.92 Å². The molecule has 2 fully saturated rings. The number of amides is 1. The number of Topliss-reactive ketones (excluding diaryl/α,β-unsaturated/α-hetero) is 1. The van der Waals surface area contributed by atoms with Crippen LogP contribution in [0.2, 0.25) is 0 Å². The molecule has 1 aliphatic heterocycles. The molecule has 2 saturated carbocycles. The smallest absolute Gasteiger partial charge is 0.306 e. The number of nitrogens with zero attached hydrogens (tertiary/aromatic N) is 1. The fourth-order valence-corrected chi connectivity index (χ4v) is 14.8. The van der Waals surface area contributed by atoms with Gasteiger partial charge in [-0.2, -0.15) is 0 Å². The molecule has 1 amide bonds. The van der Waals surface area contributed by atoms with Gasteiger partial charge in [0.1, 0.15) is 30.1 Å². The number of ether oxygens (including phenoxy) is 3. The average Bonchev–Trinajstić information content (AvgIpc) is 3.79. The van der Waals surface area contributed by atoms with E-state index >= 15 is 0 Å². The van der Waals surface area contributed by atoms with E-state index in [-0.39, 0.29) is 37.7 Å². The van der Waals surface area contributed by atoms with Gasteiger partial charge in [0.05, 0.1) is 24.6 Å². The van der Waals surface area contributed by atoms with E-state index in [1.165, 1.54) is 87.9 Å². The van der Waals surface area contributed by atoms with Crippen LogP contribution < -0.4 is 15.5 Å². The van der Waals surface area contributed by atoms with Gasteiger partial charge in [-0.3, -0.25) is 29.0 Å². The molecule has 5 N–H and O–H groups in total. The van der Waals surface area contributed by atoms with E-state index in [1.807, 2.05) is 19.9 Å². The lowest BCUT2D eigenvalue weighted by molar-refractivity contribution is -0.228. The average molecular weight is 1040 g/mol. The number of carbonyl (C=O) groups excluding carboxylic acids is 4. The summed E-state index contributed by atoms with van der Waals surface area (Å²) in [6.07, 6.45) is 12.7. The number of hydrogen-bond donors (Lipinski definition) is 5. The maximum atomic E-state index is 14.0. The molecular formula is C55H77F2N2O13P. The van der Waals surface area contributed by atoms with Crippen LogP contribution in [0.5, 0.6) is 5.75 Å². The summed E-state index contributed by atoms with van der Waals surface area (Å²) in [6, 6.07) is 12.1. The molecule has 18 heteroatoms. The number of aliphatic hydroxyl groups is 3. The van der Waals surface area contributed by atoms with Crippen LogP contribution in [-0.2, 0) is 50.7 Å². The maximum absolute atomic E-state index is 14.0. The van der Waals surface area contributed by atoms with E-state index in [0.29, 0.717) is 23.3 Å². The maximum Gasteiger partial charge on any atom is 0.306 e. The van der Waals surface area contributed by atoms with E-state index in [9.17, 15) is 53.1 Å². The molecule has 73 heavy (non-hydrogen) atoms. The van der Waals surface area contributed by atoms with Crippen LogP contribution >= 0.6 is 7.52 Å². The number of esters is 2. The Morgan fingerprint density at radius 3 is 2.08 bits per heavy atom. The predicted molar refractivity (Wildman–Crippen MR) is 269 cm³/mol. The number of aliphatic hydroxyl groups excluding tert-OH is 1. The summed E-state index contributed by atoms with van der Waals surface area (Å²) in [4.78, 5) is 51.5. The van der Waals surface area contributed by atoms with Gasteiger partial charge in [-0.15, -0.1) is 0 Å². The van der Waals surface area contributed by atoms with E-state index in [1.54, 1.807) is 49.7 Å². The Balaban J connectivity index is 0.000000259. The van der Waals surface area contributed by atoms with Gasteiger partial charge < -0.3 is 34.1 Å². The Hall–Kier alpha value is -4.35. The molecule has 0 saturated heterocycles. The van der Waals surface area contributed by atoms with E-state index < -0.39 is 102 Å². The van der Waals surface area contributed by atoms with Gasteiger partial charge in [-0.1, -0.05) is 128 Å². The fourth-order valence-electron chi connectivity index (χ4n) is 12.5. The first-order valence-electron chi connectivity index (χ1n) is 25.9. The van der Waals surface area contributed by atoms with Crippen molar-refractivity contribution in [1.29, 1.82) is 0 Å². The minimum Gasteiger partial charge on any atom is -0.497 e. The molecule has 0 spiro atoms. The zero-order valence-corrected chi connectivity index (χ0v) is 44.3. The summed E-state index contributed by atoms with van der Waals surface area (Å²) in [5.74, 6) is -4.60. The van der Waals surface area contributed by atoms with Crippen LogP contribution in [0.4, 0.5) is 8.78 Å². The molecule has 0 bridgehead atoms. The normalized spacial score (nSPS) is 29.6. The Labute approximate surface area is 428 Å². The third-order valence-corrected chi connectivity index (χ3v) is 18.8. The monoisotopic (exact) mass is 1040 g/mol. The van der Waals surface area contributed by atoms with Crippen LogP contribution in [0.1, 0.15) is 136 Å². The largest absolute Gasteiger partial charge is 0.497 e. The number of alkyl halides is 2. The van der Waals surface area contributed by atoms with Gasteiger partial charge in [0.15, 0.2) is 11.4 Å². The Morgan fingerprint density at radius 2 is 1.52 bits per heavy atom. The minimum atomic E-state index is -4.08. The number of ketones is 1. The Morgan fingerprint density at radius 1 is 0.918 bits per heavy atom. The first-order valence-corrected chi connectivity index (χ1v) is 27.5. The third-order valence-electron chi connectivity index (χ3n) is 16.3. The van der Waals surface area contributed by atoms with Gasteiger partial charge in [-0.05, 0) is 66.3 Å². The number of halogens is 2. The van der Waals surface area contributed by atoms with Crippen molar-refractivity contribution < 1.29 is 71.8 Å². The van der Waals surface area contributed by atoms with Crippen LogP contribution in [0.3, 0.4) is 0 Å². The van der Waals surface area contributed by atoms with Gasteiger partial charge in [0, 0.05) is 55.4 Å². The SMILES string of the molecule is CCCCCCCCCCCCCC(=O)O[C@@H]1[C@@H](C)[C@]2(O)C3C=C(C)C(=O)[C@@]3(O)CC(CO)=C[C@H]2[C@@H]2C(C)(C)[C@]12OC(C)=O.COc1ccc([P@](=O)(OCC(F)F)N2Cc3ccccc3C[C@@H]2C(=O)NO)cc1. The lowest BCUT2D eigenvalue weighted by Crippen LogP contribution is -2.66. The topological polar surface area (TPSA) is 218 Å². The summed E-state index contributed by atoms with van der Waals surface area (Å²) in [5.41, 5.74) is -1.50.